The van der Waals surface area contributed by atoms with Crippen LogP contribution in [0.1, 0.15) is 26.7 Å². The summed E-state index contributed by atoms with van der Waals surface area (Å²) >= 11 is 0. The van der Waals surface area contributed by atoms with Gasteiger partial charge >= 0.3 is 0 Å². The second kappa shape index (κ2) is 2.58. The summed E-state index contributed by atoms with van der Waals surface area (Å²) in [6, 6.07) is 0. The number of Topliss-reactive ketones (excluding diaryl/α,β-unsaturated/α-hetero) is 1. The van der Waals surface area contributed by atoms with Crippen LogP contribution in [0.25, 0.3) is 0 Å². The van der Waals surface area contributed by atoms with Gasteiger partial charge in [0.05, 0.1) is 5.92 Å². The van der Waals surface area contributed by atoms with Crippen LogP contribution in [0.4, 0.5) is 0 Å². The first-order valence-electron chi connectivity index (χ1n) is 4.41. The Labute approximate surface area is 74.5 Å². The summed E-state index contributed by atoms with van der Waals surface area (Å²) in [5.74, 6) is 2.50. The molecular weight excluding hydrogens is 148 g/mol. The van der Waals surface area contributed by atoms with Gasteiger partial charge in [0.2, 0.25) is 0 Å². The van der Waals surface area contributed by atoms with Crippen molar-refractivity contribution in [3.8, 4) is 0 Å². The molecule has 1 heteroatoms. The van der Waals surface area contributed by atoms with Crippen molar-refractivity contribution in [1.82, 2.24) is 0 Å². The van der Waals surface area contributed by atoms with E-state index in [1.807, 2.05) is 26.7 Å². The van der Waals surface area contributed by atoms with Gasteiger partial charge in [-0.2, -0.15) is 0 Å². The van der Waals surface area contributed by atoms with Crippen LogP contribution in [0.15, 0.2) is 0 Å². The van der Waals surface area contributed by atoms with Gasteiger partial charge in [0.1, 0.15) is 5.78 Å². The van der Waals surface area contributed by atoms with E-state index in [-0.39, 0.29) is 5.41 Å². The van der Waals surface area contributed by atoms with Crippen LogP contribution in [0.3, 0.4) is 0 Å². The molecule has 0 aromatic heterocycles. The summed E-state index contributed by atoms with van der Waals surface area (Å²) < 4.78 is 0. The number of hydrogen-bond acceptors (Lipinski definition) is 1. The highest BCUT2D eigenvalue weighted by Crippen LogP contribution is 2.47. The lowest BCUT2D eigenvalue weighted by atomic mass is 9.67. The largest absolute Gasteiger partial charge is 0.298 e. The molecule has 2 rings (SSSR count). The van der Waals surface area contributed by atoms with Crippen LogP contribution in [0.5, 0.6) is 0 Å². The lowest BCUT2D eigenvalue weighted by Gasteiger charge is -2.34. The predicted molar refractivity (Wildman–Crippen MR) is 47.4 cm³/mol. The van der Waals surface area contributed by atoms with Crippen molar-refractivity contribution in [1.29, 1.82) is 0 Å². The first kappa shape index (κ1) is 8.28. The lowest BCUT2D eigenvalue weighted by Crippen LogP contribution is -2.36. The Morgan fingerprint density at radius 2 is 2.08 bits per heavy atom. The van der Waals surface area contributed by atoms with Crippen LogP contribution in [0.2, 0.25) is 0 Å². The molecule has 0 aliphatic heterocycles. The first-order valence-corrected chi connectivity index (χ1v) is 4.41. The van der Waals surface area contributed by atoms with Crippen molar-refractivity contribution in [2.75, 3.05) is 0 Å². The Hall–Kier alpha value is -0.330. The minimum absolute atomic E-state index is 0.138. The minimum atomic E-state index is -0.138. The third kappa shape index (κ3) is 1.10. The Balaban J connectivity index is 2.19. The van der Waals surface area contributed by atoms with Crippen molar-refractivity contribution in [2.45, 2.75) is 26.7 Å². The molecule has 63 valence electrons. The summed E-state index contributed by atoms with van der Waals surface area (Å²) in [4.78, 5) is 11.8. The molecule has 2 saturated carbocycles. The predicted octanol–water partition coefficient (Wildman–Crippen LogP) is 2.15. The van der Waals surface area contributed by atoms with E-state index in [4.69, 9.17) is 0 Å². The number of carbonyl (C=O) groups is 1. The van der Waals surface area contributed by atoms with E-state index in [9.17, 15) is 4.79 Å². The minimum Gasteiger partial charge on any atom is -0.298 e. The van der Waals surface area contributed by atoms with Crippen molar-refractivity contribution < 1.29 is 4.79 Å². The van der Waals surface area contributed by atoms with E-state index in [1.165, 1.54) is 5.92 Å². The van der Waals surface area contributed by atoms with Gasteiger partial charge in [0.15, 0.2) is 0 Å². The lowest BCUT2D eigenvalue weighted by molar-refractivity contribution is -0.126. The van der Waals surface area contributed by atoms with Crippen LogP contribution >= 0.6 is 0 Å². The van der Waals surface area contributed by atoms with E-state index >= 15 is 0 Å². The molecule has 1 nitrogen and oxygen atoms in total. The van der Waals surface area contributed by atoms with Gasteiger partial charge in [-0.1, -0.05) is 13.8 Å². The molecule has 0 aromatic rings. The molecule has 2 aliphatic carbocycles. The normalized spacial score (nSPS) is 30.7. The monoisotopic (exact) mass is 161 g/mol. The number of hydrogen-bond donors (Lipinski definition) is 0. The van der Waals surface area contributed by atoms with Gasteiger partial charge < -0.3 is 0 Å². The van der Waals surface area contributed by atoms with Crippen molar-refractivity contribution in [3.05, 3.63) is 31.1 Å². The Bertz CT molecular complexity index is 205. The van der Waals surface area contributed by atoms with Gasteiger partial charge in [0, 0.05) is 5.41 Å². The van der Waals surface area contributed by atoms with Crippen LogP contribution < -0.4 is 0 Å². The molecule has 0 unspecified atom stereocenters. The summed E-state index contributed by atoms with van der Waals surface area (Å²) in [7, 11) is 0. The molecule has 0 atom stereocenters. The SMILES string of the molecule is CC1(C)CC[C]2[CH][CH][CH][C]2C1=O. The van der Waals surface area contributed by atoms with Gasteiger partial charge in [-0.25, -0.2) is 0 Å². The van der Waals surface area contributed by atoms with E-state index in [0.717, 1.165) is 18.8 Å². The van der Waals surface area contributed by atoms with E-state index in [2.05, 4.69) is 6.42 Å². The maximum absolute atomic E-state index is 11.8. The third-order valence-corrected chi connectivity index (χ3v) is 2.78. The highest BCUT2D eigenvalue weighted by atomic mass is 16.1. The molecule has 0 N–H and O–H groups in total. The fourth-order valence-electron chi connectivity index (χ4n) is 1.82. The molecule has 12 heavy (non-hydrogen) atoms. The van der Waals surface area contributed by atoms with E-state index in [1.54, 1.807) is 0 Å². The van der Waals surface area contributed by atoms with E-state index < -0.39 is 0 Å². The molecule has 0 amide bonds. The van der Waals surface area contributed by atoms with Gasteiger partial charge in [-0.3, -0.25) is 4.79 Å². The fourth-order valence-corrected chi connectivity index (χ4v) is 1.82. The second-order valence-corrected chi connectivity index (χ2v) is 4.18. The molecule has 0 spiro atoms. The molecule has 0 aromatic carbocycles. The zero-order valence-electron chi connectivity index (χ0n) is 7.55. The summed E-state index contributed by atoms with van der Waals surface area (Å²) in [6.45, 7) is 4.07. The number of fused-ring (bicyclic) bond motifs is 1. The average Bonchev–Trinajstić information content (AvgIpc) is 2.45. The summed E-state index contributed by atoms with van der Waals surface area (Å²) in [5, 5.41) is 0. The van der Waals surface area contributed by atoms with Crippen molar-refractivity contribution in [3.63, 3.8) is 0 Å². The zero-order chi connectivity index (χ0) is 8.77. The zero-order valence-corrected chi connectivity index (χ0v) is 7.55. The quantitative estimate of drug-likeness (QED) is 0.532. The summed E-state index contributed by atoms with van der Waals surface area (Å²) in [5.41, 5.74) is -0.138. The van der Waals surface area contributed by atoms with Gasteiger partial charge in [-0.05, 0) is 38.0 Å². The molecule has 5 radical (unpaired) electrons. The molecule has 0 saturated heterocycles. The number of ketones is 1. The molecule has 2 fully saturated rings. The highest BCUT2D eigenvalue weighted by Gasteiger charge is 2.45. The Morgan fingerprint density at radius 1 is 1.33 bits per heavy atom. The molecular formula is C11H13O. The van der Waals surface area contributed by atoms with Crippen molar-refractivity contribution in [2.24, 2.45) is 5.41 Å². The number of rotatable bonds is 0. The Kier molecular flexibility index (Phi) is 1.78. The van der Waals surface area contributed by atoms with Crippen molar-refractivity contribution >= 4 is 5.78 Å². The number of carbonyl (C=O) groups excluding carboxylic acids is 1. The maximum atomic E-state index is 11.8. The van der Waals surface area contributed by atoms with E-state index in [0.29, 0.717) is 5.78 Å². The molecule has 2 aliphatic rings. The summed E-state index contributed by atoms with van der Waals surface area (Å²) in [6.07, 6.45) is 8.02. The van der Waals surface area contributed by atoms with Crippen LogP contribution in [-0.2, 0) is 4.79 Å². The second-order valence-electron chi connectivity index (χ2n) is 4.18. The van der Waals surface area contributed by atoms with Crippen LogP contribution in [0, 0.1) is 36.5 Å². The first-order chi connectivity index (χ1) is 5.61. The van der Waals surface area contributed by atoms with Gasteiger partial charge in [-0.15, -0.1) is 0 Å². The highest BCUT2D eigenvalue weighted by molar-refractivity contribution is 6.03. The molecule has 0 bridgehead atoms. The topological polar surface area (TPSA) is 17.1 Å². The third-order valence-electron chi connectivity index (χ3n) is 2.78. The fraction of sp³-hybridized carbons (Fsp3) is 0.455. The smallest absolute Gasteiger partial charge is 0.146 e. The maximum Gasteiger partial charge on any atom is 0.146 e. The van der Waals surface area contributed by atoms with Gasteiger partial charge in [0.25, 0.3) is 0 Å². The standard InChI is InChI=1S/C11H13O/c1-11(2)7-6-8-4-3-5-9(8)10(11)12/h3-5H,6-7H2,1-2H3. The Morgan fingerprint density at radius 3 is 2.83 bits per heavy atom. The van der Waals surface area contributed by atoms with Crippen LogP contribution in [-0.4, -0.2) is 5.78 Å². The average molecular weight is 161 g/mol. The molecule has 0 heterocycles.